The van der Waals surface area contributed by atoms with Gasteiger partial charge in [-0.1, -0.05) is 31.2 Å². The quantitative estimate of drug-likeness (QED) is 0.719. The van der Waals surface area contributed by atoms with Gasteiger partial charge < -0.3 is 14.6 Å². The summed E-state index contributed by atoms with van der Waals surface area (Å²) < 4.78 is 7.49. The average Bonchev–Trinajstić information content (AvgIpc) is 2.99. The zero-order chi connectivity index (χ0) is 17.6. The molecule has 0 fully saturated rings. The molecule has 3 rings (SSSR count). The zero-order valence-corrected chi connectivity index (χ0v) is 14.7. The number of carbonyl (C=O) groups is 1. The Morgan fingerprint density at radius 3 is 2.72 bits per heavy atom. The van der Waals surface area contributed by atoms with Crippen LogP contribution < -0.4 is 10.1 Å². The second-order valence-electron chi connectivity index (χ2n) is 5.87. The first-order chi connectivity index (χ1) is 12.2. The number of hydrogen-bond acceptors (Lipinski definition) is 3. The molecular weight excluding hydrogens is 314 g/mol. The number of rotatable bonds is 7. The van der Waals surface area contributed by atoms with E-state index < -0.39 is 0 Å². The van der Waals surface area contributed by atoms with Gasteiger partial charge >= 0.3 is 0 Å². The first-order valence-electron chi connectivity index (χ1n) is 8.60. The molecule has 1 heterocycles. The summed E-state index contributed by atoms with van der Waals surface area (Å²) in [5.74, 6) is 1.46. The maximum Gasteiger partial charge on any atom is 0.255 e. The van der Waals surface area contributed by atoms with Crippen molar-refractivity contribution in [1.82, 2.24) is 14.9 Å². The van der Waals surface area contributed by atoms with Crippen LogP contribution in [0.3, 0.4) is 0 Å². The topological polar surface area (TPSA) is 56.2 Å². The lowest BCUT2D eigenvalue weighted by Crippen LogP contribution is -2.26. The van der Waals surface area contributed by atoms with Gasteiger partial charge in [-0.3, -0.25) is 4.79 Å². The van der Waals surface area contributed by atoms with Crippen molar-refractivity contribution in [2.45, 2.75) is 26.3 Å². The maximum absolute atomic E-state index is 12.4. The molecule has 3 aromatic rings. The highest BCUT2D eigenvalue weighted by atomic mass is 16.5. The minimum absolute atomic E-state index is 0.129. The molecule has 1 amide bonds. The minimum Gasteiger partial charge on any atom is -0.496 e. The van der Waals surface area contributed by atoms with Gasteiger partial charge in [0.25, 0.3) is 5.91 Å². The predicted molar refractivity (Wildman–Crippen MR) is 99.1 cm³/mol. The molecule has 0 bridgehead atoms. The van der Waals surface area contributed by atoms with Gasteiger partial charge in [0.1, 0.15) is 11.6 Å². The molecule has 2 aromatic carbocycles. The fourth-order valence-electron chi connectivity index (χ4n) is 3.00. The van der Waals surface area contributed by atoms with Crippen molar-refractivity contribution in [1.29, 1.82) is 0 Å². The number of amides is 1. The molecule has 130 valence electrons. The van der Waals surface area contributed by atoms with E-state index in [1.54, 1.807) is 19.2 Å². The molecule has 1 aromatic heterocycles. The molecule has 0 saturated carbocycles. The SMILES string of the molecule is CCCn1c(CCNC(=O)c2ccccc2OC)nc2ccccc21. The van der Waals surface area contributed by atoms with E-state index in [2.05, 4.69) is 22.9 Å². The van der Waals surface area contributed by atoms with Crippen molar-refractivity contribution in [3.63, 3.8) is 0 Å². The van der Waals surface area contributed by atoms with Crippen molar-refractivity contribution in [2.24, 2.45) is 0 Å². The van der Waals surface area contributed by atoms with Gasteiger partial charge in [-0.2, -0.15) is 0 Å². The number of para-hydroxylation sites is 3. The van der Waals surface area contributed by atoms with E-state index in [9.17, 15) is 4.79 Å². The van der Waals surface area contributed by atoms with Crippen molar-refractivity contribution >= 4 is 16.9 Å². The molecule has 0 radical (unpaired) electrons. The number of benzene rings is 2. The number of imidazole rings is 1. The van der Waals surface area contributed by atoms with E-state index in [0.29, 0.717) is 24.3 Å². The Morgan fingerprint density at radius 1 is 1.16 bits per heavy atom. The first-order valence-corrected chi connectivity index (χ1v) is 8.60. The third kappa shape index (κ3) is 3.65. The summed E-state index contributed by atoms with van der Waals surface area (Å²) in [4.78, 5) is 17.1. The summed E-state index contributed by atoms with van der Waals surface area (Å²) in [6.07, 6.45) is 1.73. The van der Waals surface area contributed by atoms with Gasteiger partial charge in [-0.15, -0.1) is 0 Å². The van der Waals surface area contributed by atoms with Crippen molar-refractivity contribution in [3.05, 3.63) is 59.9 Å². The van der Waals surface area contributed by atoms with Gasteiger partial charge in [0.2, 0.25) is 0 Å². The molecule has 0 saturated heterocycles. The number of nitrogens with one attached hydrogen (secondary N) is 1. The molecule has 0 spiro atoms. The average molecular weight is 337 g/mol. The molecule has 25 heavy (non-hydrogen) atoms. The van der Waals surface area contributed by atoms with Crippen LogP contribution >= 0.6 is 0 Å². The smallest absolute Gasteiger partial charge is 0.255 e. The van der Waals surface area contributed by atoms with Crippen LogP contribution in [0.5, 0.6) is 5.75 Å². The lowest BCUT2D eigenvalue weighted by atomic mass is 10.2. The van der Waals surface area contributed by atoms with E-state index in [1.807, 2.05) is 30.3 Å². The summed E-state index contributed by atoms with van der Waals surface area (Å²) in [5.41, 5.74) is 2.70. The molecule has 0 aliphatic rings. The summed E-state index contributed by atoms with van der Waals surface area (Å²) >= 11 is 0. The van der Waals surface area contributed by atoms with Gasteiger partial charge in [0, 0.05) is 19.5 Å². The Labute approximate surface area is 147 Å². The number of aryl methyl sites for hydroxylation is 1. The van der Waals surface area contributed by atoms with Crippen LogP contribution in [-0.2, 0) is 13.0 Å². The second-order valence-corrected chi connectivity index (χ2v) is 5.87. The second kappa shape index (κ2) is 7.83. The number of ether oxygens (including phenoxy) is 1. The number of nitrogens with zero attached hydrogens (tertiary/aromatic N) is 2. The van der Waals surface area contributed by atoms with Crippen molar-refractivity contribution in [2.75, 3.05) is 13.7 Å². The number of hydrogen-bond donors (Lipinski definition) is 1. The van der Waals surface area contributed by atoms with Gasteiger partial charge in [0.05, 0.1) is 23.7 Å². The Morgan fingerprint density at radius 2 is 1.92 bits per heavy atom. The summed E-state index contributed by atoms with van der Waals surface area (Å²) in [6.45, 7) is 3.61. The van der Waals surface area contributed by atoms with Crippen molar-refractivity contribution in [3.8, 4) is 5.75 Å². The monoisotopic (exact) mass is 337 g/mol. The molecule has 5 nitrogen and oxygen atoms in total. The highest BCUT2D eigenvalue weighted by Crippen LogP contribution is 2.18. The maximum atomic E-state index is 12.4. The fraction of sp³-hybridized carbons (Fsp3) is 0.300. The molecule has 0 unspecified atom stereocenters. The van der Waals surface area contributed by atoms with E-state index in [-0.39, 0.29) is 5.91 Å². The molecule has 0 atom stereocenters. The number of aromatic nitrogens is 2. The number of fused-ring (bicyclic) bond motifs is 1. The summed E-state index contributed by atoms with van der Waals surface area (Å²) in [7, 11) is 1.57. The predicted octanol–water partition coefficient (Wildman–Crippen LogP) is 3.43. The summed E-state index contributed by atoms with van der Waals surface area (Å²) in [6, 6.07) is 15.4. The lowest BCUT2D eigenvalue weighted by Gasteiger charge is -2.10. The highest BCUT2D eigenvalue weighted by molar-refractivity contribution is 5.96. The van der Waals surface area contributed by atoms with Crippen LogP contribution in [0.25, 0.3) is 11.0 Å². The van der Waals surface area contributed by atoms with Crippen LogP contribution in [-0.4, -0.2) is 29.1 Å². The van der Waals surface area contributed by atoms with Crippen LogP contribution in [0.1, 0.15) is 29.5 Å². The van der Waals surface area contributed by atoms with Gasteiger partial charge in [0.15, 0.2) is 0 Å². The lowest BCUT2D eigenvalue weighted by molar-refractivity contribution is 0.0951. The minimum atomic E-state index is -0.129. The van der Waals surface area contributed by atoms with Crippen molar-refractivity contribution < 1.29 is 9.53 Å². The van der Waals surface area contributed by atoms with Gasteiger partial charge in [-0.25, -0.2) is 4.98 Å². The third-order valence-corrected chi connectivity index (χ3v) is 4.17. The Balaban J connectivity index is 1.70. The summed E-state index contributed by atoms with van der Waals surface area (Å²) in [5, 5.41) is 2.96. The first kappa shape index (κ1) is 17.0. The number of carbonyl (C=O) groups excluding carboxylic acids is 1. The number of methoxy groups -OCH3 is 1. The standard InChI is InChI=1S/C20H23N3O2/c1-3-14-23-17-10-6-5-9-16(17)22-19(23)12-13-21-20(24)15-8-4-7-11-18(15)25-2/h4-11H,3,12-14H2,1-2H3,(H,21,24). The highest BCUT2D eigenvalue weighted by Gasteiger charge is 2.13. The Bertz CT molecular complexity index is 870. The largest absolute Gasteiger partial charge is 0.496 e. The van der Waals surface area contributed by atoms with Crippen LogP contribution in [0.15, 0.2) is 48.5 Å². The Kier molecular flexibility index (Phi) is 5.33. The molecule has 0 aliphatic carbocycles. The fourth-order valence-corrected chi connectivity index (χ4v) is 3.00. The van der Waals surface area contributed by atoms with E-state index in [0.717, 1.165) is 29.8 Å². The van der Waals surface area contributed by atoms with E-state index >= 15 is 0 Å². The van der Waals surface area contributed by atoms with E-state index in [4.69, 9.17) is 9.72 Å². The molecular formula is C20H23N3O2. The Hall–Kier alpha value is -2.82. The molecule has 1 N–H and O–H groups in total. The van der Waals surface area contributed by atoms with Crippen LogP contribution in [0, 0.1) is 0 Å². The van der Waals surface area contributed by atoms with Crippen LogP contribution in [0.2, 0.25) is 0 Å². The van der Waals surface area contributed by atoms with E-state index in [1.165, 1.54) is 0 Å². The zero-order valence-electron chi connectivity index (χ0n) is 14.7. The normalized spacial score (nSPS) is 10.8. The van der Waals surface area contributed by atoms with Gasteiger partial charge in [-0.05, 0) is 30.7 Å². The molecule has 5 heteroatoms. The van der Waals surface area contributed by atoms with Crippen LogP contribution in [0.4, 0.5) is 0 Å². The molecule has 0 aliphatic heterocycles. The third-order valence-electron chi connectivity index (χ3n) is 4.17.